The van der Waals surface area contributed by atoms with E-state index < -0.39 is 0 Å². The third-order valence-electron chi connectivity index (χ3n) is 4.57. The van der Waals surface area contributed by atoms with Crippen LogP contribution in [0.3, 0.4) is 0 Å². The third-order valence-corrected chi connectivity index (χ3v) is 4.57. The van der Waals surface area contributed by atoms with Crippen LogP contribution in [0.1, 0.15) is 25.0 Å². The van der Waals surface area contributed by atoms with E-state index in [4.69, 9.17) is 0 Å². The van der Waals surface area contributed by atoms with Crippen molar-refractivity contribution >= 4 is 0 Å². The summed E-state index contributed by atoms with van der Waals surface area (Å²) in [6.45, 7) is 4.59. The molecular formula is C21H17. The Morgan fingerprint density at radius 2 is 1.57 bits per heavy atom. The smallest absolute Gasteiger partial charge is 0.0165 e. The van der Waals surface area contributed by atoms with E-state index in [9.17, 15) is 0 Å². The molecule has 1 aliphatic carbocycles. The molecule has 0 heteroatoms. The molecule has 0 aromatic heterocycles. The fraction of sp³-hybridized carbons (Fsp3) is 0.143. The maximum atomic E-state index is 3.45. The Morgan fingerprint density at radius 3 is 2.38 bits per heavy atom. The van der Waals surface area contributed by atoms with Gasteiger partial charge in [0, 0.05) is 5.41 Å². The van der Waals surface area contributed by atoms with Crippen LogP contribution >= 0.6 is 0 Å². The number of benzene rings is 3. The number of fused-ring (bicyclic) bond motifs is 3. The van der Waals surface area contributed by atoms with Crippen LogP contribution in [0.5, 0.6) is 0 Å². The van der Waals surface area contributed by atoms with E-state index in [1.807, 2.05) is 6.07 Å². The van der Waals surface area contributed by atoms with Crippen LogP contribution in [-0.2, 0) is 5.41 Å². The Kier molecular flexibility index (Phi) is 2.56. The summed E-state index contributed by atoms with van der Waals surface area (Å²) in [4.78, 5) is 0. The van der Waals surface area contributed by atoms with Gasteiger partial charge in [0.1, 0.15) is 0 Å². The van der Waals surface area contributed by atoms with Crippen molar-refractivity contribution in [2.24, 2.45) is 0 Å². The van der Waals surface area contributed by atoms with Gasteiger partial charge < -0.3 is 0 Å². The summed E-state index contributed by atoms with van der Waals surface area (Å²) >= 11 is 0. The molecule has 1 radical (unpaired) electrons. The third kappa shape index (κ3) is 1.76. The van der Waals surface area contributed by atoms with E-state index in [1.54, 1.807) is 0 Å². The highest BCUT2D eigenvalue weighted by atomic mass is 14.4. The van der Waals surface area contributed by atoms with Crippen molar-refractivity contribution in [1.29, 1.82) is 0 Å². The zero-order valence-corrected chi connectivity index (χ0v) is 12.4. The average molecular weight is 269 g/mol. The second-order valence-corrected chi connectivity index (χ2v) is 6.21. The molecule has 21 heavy (non-hydrogen) atoms. The summed E-state index contributed by atoms with van der Waals surface area (Å²) in [6, 6.07) is 27.2. The van der Waals surface area contributed by atoms with Crippen molar-refractivity contribution in [1.82, 2.24) is 0 Å². The Labute approximate surface area is 126 Å². The first-order valence-electron chi connectivity index (χ1n) is 7.39. The summed E-state index contributed by atoms with van der Waals surface area (Å²) < 4.78 is 0. The highest BCUT2D eigenvalue weighted by molar-refractivity contribution is 5.83. The average Bonchev–Trinajstić information content (AvgIpc) is 2.77. The van der Waals surface area contributed by atoms with Gasteiger partial charge in [0.05, 0.1) is 0 Å². The van der Waals surface area contributed by atoms with Gasteiger partial charge in [0.2, 0.25) is 0 Å². The lowest BCUT2D eigenvalue weighted by Gasteiger charge is -2.21. The van der Waals surface area contributed by atoms with E-state index in [-0.39, 0.29) is 5.41 Å². The molecule has 0 atom stereocenters. The summed E-state index contributed by atoms with van der Waals surface area (Å²) in [6.07, 6.45) is 0. The molecule has 3 aromatic rings. The molecule has 0 bridgehead atoms. The zero-order valence-electron chi connectivity index (χ0n) is 12.4. The summed E-state index contributed by atoms with van der Waals surface area (Å²) in [5.41, 5.74) is 7.98. The fourth-order valence-electron chi connectivity index (χ4n) is 3.42. The van der Waals surface area contributed by atoms with Crippen molar-refractivity contribution in [2.75, 3.05) is 0 Å². The monoisotopic (exact) mass is 269 g/mol. The maximum Gasteiger partial charge on any atom is 0.0165 e. The molecule has 101 valence electrons. The van der Waals surface area contributed by atoms with E-state index >= 15 is 0 Å². The van der Waals surface area contributed by atoms with Crippen molar-refractivity contribution in [3.63, 3.8) is 0 Å². The van der Waals surface area contributed by atoms with Crippen LogP contribution in [0, 0.1) is 6.07 Å². The molecule has 0 N–H and O–H groups in total. The summed E-state index contributed by atoms with van der Waals surface area (Å²) in [5, 5.41) is 0. The standard InChI is InChI=1S/C21H17/c1-21(2)19-11-7-6-10-17(19)18-13-12-16(14-20(18)21)15-8-4-3-5-9-15/h3-10,12-14H,1-2H3. The molecule has 4 rings (SSSR count). The molecule has 0 saturated carbocycles. The van der Waals surface area contributed by atoms with Crippen LogP contribution in [-0.4, -0.2) is 0 Å². The first kappa shape index (κ1) is 12.4. The lowest BCUT2D eigenvalue weighted by Crippen LogP contribution is -2.15. The summed E-state index contributed by atoms with van der Waals surface area (Å²) in [5.74, 6) is 0. The van der Waals surface area contributed by atoms with Crippen molar-refractivity contribution in [3.05, 3.63) is 83.9 Å². The minimum Gasteiger partial charge on any atom is -0.0622 e. The molecule has 0 saturated heterocycles. The normalized spacial score (nSPS) is 14.6. The van der Waals surface area contributed by atoms with Crippen molar-refractivity contribution in [2.45, 2.75) is 19.3 Å². The maximum absolute atomic E-state index is 3.45. The van der Waals surface area contributed by atoms with Gasteiger partial charge in [-0.05, 0) is 45.5 Å². The van der Waals surface area contributed by atoms with Gasteiger partial charge >= 0.3 is 0 Å². The molecule has 0 fully saturated rings. The minimum atomic E-state index is 0.0245. The Balaban J connectivity index is 1.94. The lowest BCUT2D eigenvalue weighted by molar-refractivity contribution is 0.659. The number of rotatable bonds is 1. The fourth-order valence-corrected chi connectivity index (χ4v) is 3.42. The van der Waals surface area contributed by atoms with Gasteiger partial charge in [0.15, 0.2) is 0 Å². The molecular weight excluding hydrogens is 252 g/mol. The second-order valence-electron chi connectivity index (χ2n) is 6.21. The van der Waals surface area contributed by atoms with Gasteiger partial charge in [-0.3, -0.25) is 0 Å². The van der Waals surface area contributed by atoms with Crippen LogP contribution in [0.15, 0.2) is 66.7 Å². The Hall–Kier alpha value is -2.34. The van der Waals surface area contributed by atoms with Gasteiger partial charge in [-0.1, -0.05) is 74.5 Å². The largest absolute Gasteiger partial charge is 0.0622 e. The van der Waals surface area contributed by atoms with E-state index in [0.29, 0.717) is 0 Å². The molecule has 1 aliphatic rings. The molecule has 0 spiro atoms. The second kappa shape index (κ2) is 4.33. The predicted molar refractivity (Wildman–Crippen MR) is 88.3 cm³/mol. The predicted octanol–water partition coefficient (Wildman–Crippen LogP) is 5.46. The van der Waals surface area contributed by atoms with Crippen LogP contribution in [0.4, 0.5) is 0 Å². The van der Waals surface area contributed by atoms with Crippen LogP contribution < -0.4 is 0 Å². The highest BCUT2D eigenvalue weighted by Crippen LogP contribution is 2.49. The van der Waals surface area contributed by atoms with Crippen LogP contribution in [0.2, 0.25) is 0 Å². The molecule has 0 unspecified atom stereocenters. The Morgan fingerprint density at radius 1 is 0.762 bits per heavy atom. The molecule has 0 aliphatic heterocycles. The first-order valence-corrected chi connectivity index (χ1v) is 7.39. The summed E-state index contributed by atoms with van der Waals surface area (Å²) in [7, 11) is 0. The van der Waals surface area contributed by atoms with Crippen molar-refractivity contribution < 1.29 is 0 Å². The lowest BCUT2D eigenvalue weighted by atomic mass is 9.81. The highest BCUT2D eigenvalue weighted by Gasteiger charge is 2.35. The van der Waals surface area contributed by atoms with E-state index in [0.717, 1.165) is 0 Å². The van der Waals surface area contributed by atoms with Gasteiger partial charge in [-0.25, -0.2) is 0 Å². The minimum absolute atomic E-state index is 0.0245. The van der Waals surface area contributed by atoms with Crippen LogP contribution in [0.25, 0.3) is 22.3 Å². The van der Waals surface area contributed by atoms with Gasteiger partial charge in [0.25, 0.3) is 0 Å². The Bertz CT molecular complexity index is 810. The molecule has 0 amide bonds. The quantitative estimate of drug-likeness (QED) is 0.550. The van der Waals surface area contributed by atoms with Gasteiger partial charge in [-0.15, -0.1) is 0 Å². The topological polar surface area (TPSA) is 0 Å². The number of hydrogen-bond donors (Lipinski definition) is 0. The number of hydrogen-bond acceptors (Lipinski definition) is 0. The van der Waals surface area contributed by atoms with Crippen molar-refractivity contribution in [3.8, 4) is 22.3 Å². The molecule has 3 aromatic carbocycles. The first-order chi connectivity index (χ1) is 10.2. The zero-order chi connectivity index (χ0) is 14.4. The van der Waals surface area contributed by atoms with E-state index in [1.165, 1.54) is 33.4 Å². The van der Waals surface area contributed by atoms with E-state index in [2.05, 4.69) is 80.6 Å². The SMILES string of the molecule is CC1(C)c2[c]cccc2-c2ccc(-c3ccccc3)cc21. The molecule has 0 nitrogen and oxygen atoms in total. The molecule has 0 heterocycles. The van der Waals surface area contributed by atoms with Gasteiger partial charge in [-0.2, -0.15) is 0 Å².